The molecule has 6 nitrogen and oxygen atoms in total. The maximum absolute atomic E-state index is 12.2. The lowest BCUT2D eigenvalue weighted by atomic mass is 10.9. The van der Waals surface area contributed by atoms with E-state index in [1.807, 2.05) is 0 Å². The van der Waals surface area contributed by atoms with Gasteiger partial charge in [-0.05, 0) is 11.2 Å². The second kappa shape index (κ2) is 39.6. The average molecular weight is 878 g/mol. The number of rotatable bonds is 34. The van der Waals surface area contributed by atoms with Crippen molar-refractivity contribution >= 4 is 179 Å². The van der Waals surface area contributed by atoms with Crippen LogP contribution in [-0.2, 0) is 25.6 Å². The molecule has 0 aromatic carbocycles. The SMILES string of the molecule is O=C(CSCCSCC(=O)SCSCSCCO)SCSCCSC[S+]([O-])CCSCCSCC(=O)SCSCSCCO. The Morgan fingerprint density at radius 3 is 1.32 bits per heavy atom. The van der Waals surface area contributed by atoms with Crippen LogP contribution in [0.2, 0.25) is 0 Å². The van der Waals surface area contributed by atoms with Crippen LogP contribution in [0, 0.1) is 0 Å². The van der Waals surface area contributed by atoms with Gasteiger partial charge in [-0.25, -0.2) is 0 Å². The highest BCUT2D eigenvalue weighted by atomic mass is 32.3. The minimum absolute atomic E-state index is 0.197. The van der Waals surface area contributed by atoms with E-state index < -0.39 is 11.2 Å². The maximum Gasteiger partial charge on any atom is 0.199 e. The van der Waals surface area contributed by atoms with Gasteiger partial charge < -0.3 is 14.8 Å². The monoisotopic (exact) mass is 876 g/mol. The van der Waals surface area contributed by atoms with E-state index in [0.717, 1.165) is 77.2 Å². The lowest BCUT2D eigenvalue weighted by Gasteiger charge is -2.10. The van der Waals surface area contributed by atoms with E-state index in [-0.39, 0.29) is 28.6 Å². The second-order valence-corrected chi connectivity index (χ2v) is 25.5. The zero-order valence-electron chi connectivity index (χ0n) is 24.6. The summed E-state index contributed by atoms with van der Waals surface area (Å²) in [6.07, 6.45) is 0. The fourth-order valence-electron chi connectivity index (χ4n) is 2.22. The average Bonchev–Trinajstić information content (AvgIpc) is 3.01. The molecule has 0 saturated heterocycles. The van der Waals surface area contributed by atoms with Gasteiger partial charge in [0.05, 0.1) is 30.5 Å². The molecule has 0 aromatic heterocycles. The molecule has 0 aliphatic rings. The summed E-state index contributed by atoms with van der Waals surface area (Å²) in [5, 5.41) is 22.8. The first-order chi connectivity index (χ1) is 21.5. The number of carbonyl (C=O) groups excluding carboxylic acids is 3. The normalized spacial score (nSPS) is 12.1. The van der Waals surface area contributed by atoms with Gasteiger partial charge >= 0.3 is 0 Å². The number of hydrogen-bond donors (Lipinski definition) is 2. The van der Waals surface area contributed by atoms with E-state index in [9.17, 15) is 18.9 Å². The van der Waals surface area contributed by atoms with Crippen LogP contribution in [0.25, 0.3) is 0 Å². The Morgan fingerprint density at radius 2 is 0.841 bits per heavy atom. The first-order valence-electron chi connectivity index (χ1n) is 13.3. The number of aliphatic hydroxyl groups excluding tert-OH is 2. The summed E-state index contributed by atoms with van der Waals surface area (Å²) < 4.78 is 12.2. The third kappa shape index (κ3) is 38.6. The summed E-state index contributed by atoms with van der Waals surface area (Å²) in [6.45, 7) is 0.400. The summed E-state index contributed by atoms with van der Waals surface area (Å²) in [6, 6.07) is 0. The minimum Gasteiger partial charge on any atom is -0.616 e. The van der Waals surface area contributed by atoms with Crippen molar-refractivity contribution < 1.29 is 29.1 Å². The van der Waals surface area contributed by atoms with Gasteiger partial charge in [0.25, 0.3) is 0 Å². The predicted octanol–water partition coefficient (Wildman–Crippen LogP) is 6.58. The van der Waals surface area contributed by atoms with Crippen LogP contribution in [-0.4, -0.2) is 149 Å². The number of aliphatic hydroxyl groups is 2. The van der Waals surface area contributed by atoms with Crippen molar-refractivity contribution in [2.45, 2.75) is 0 Å². The van der Waals surface area contributed by atoms with Gasteiger partial charge in [0.15, 0.2) is 20.4 Å². The van der Waals surface area contributed by atoms with Gasteiger partial charge in [-0.2, -0.15) is 47.0 Å². The Kier molecular flexibility index (Phi) is 43.0. The van der Waals surface area contributed by atoms with Crippen LogP contribution in [0.4, 0.5) is 0 Å². The van der Waals surface area contributed by atoms with Crippen molar-refractivity contribution in [3.8, 4) is 0 Å². The largest absolute Gasteiger partial charge is 0.616 e. The molecule has 44 heavy (non-hydrogen) atoms. The molecule has 0 aliphatic carbocycles. The van der Waals surface area contributed by atoms with Crippen molar-refractivity contribution in [3.05, 3.63) is 0 Å². The number of hydrogen-bond acceptors (Lipinski definition) is 19. The van der Waals surface area contributed by atoms with E-state index in [1.54, 1.807) is 118 Å². The molecule has 0 heterocycles. The highest BCUT2D eigenvalue weighted by molar-refractivity contribution is 8.28. The third-order valence-corrected chi connectivity index (χ3v) is 21.4. The zero-order valence-corrected chi connectivity index (χ0v) is 36.0. The molecule has 0 saturated carbocycles. The van der Waals surface area contributed by atoms with Crippen LogP contribution in [0.1, 0.15) is 0 Å². The predicted molar refractivity (Wildman–Crippen MR) is 228 cm³/mol. The zero-order chi connectivity index (χ0) is 32.4. The molecule has 0 amide bonds. The molecular formula is C24H44O6S14. The van der Waals surface area contributed by atoms with Gasteiger partial charge in [0, 0.05) is 77.2 Å². The van der Waals surface area contributed by atoms with Gasteiger partial charge in [0.2, 0.25) is 0 Å². The second-order valence-electron chi connectivity index (χ2n) is 7.66. The Hall–Kier alpha value is 3.79. The van der Waals surface area contributed by atoms with E-state index in [2.05, 4.69) is 0 Å². The lowest BCUT2D eigenvalue weighted by Crippen LogP contribution is -2.12. The highest BCUT2D eigenvalue weighted by Crippen LogP contribution is 2.22. The van der Waals surface area contributed by atoms with Crippen LogP contribution >= 0.6 is 153 Å². The van der Waals surface area contributed by atoms with Crippen LogP contribution in [0.15, 0.2) is 0 Å². The van der Waals surface area contributed by atoms with Gasteiger partial charge in [0.1, 0.15) is 5.75 Å². The molecule has 1 atom stereocenters. The molecule has 0 spiro atoms. The summed E-state index contributed by atoms with van der Waals surface area (Å²) in [5.41, 5.74) is 0. The Balaban J connectivity index is 3.38. The fourth-order valence-corrected chi connectivity index (χ4v) is 17.8. The fraction of sp³-hybridized carbons (Fsp3) is 0.875. The van der Waals surface area contributed by atoms with Crippen molar-refractivity contribution in [1.82, 2.24) is 0 Å². The summed E-state index contributed by atoms with van der Waals surface area (Å²) in [7, 11) is 0. The molecule has 0 fully saturated rings. The molecule has 0 rings (SSSR count). The molecule has 0 aliphatic heterocycles. The van der Waals surface area contributed by atoms with E-state index in [0.29, 0.717) is 28.1 Å². The molecule has 260 valence electrons. The quantitative estimate of drug-likeness (QED) is 0.0412. The standard InChI is InChI=1S/C24H44O6S14/c25-1-3-35-16-39-19-42-23(28)14-32-6-5-31-11-12-44(30)21-38-10-9-37-18-41-22(27)13-33-7-8-34-15-24(29)43-20-40-17-36-4-2-26/h25-26H,1-21H2. The summed E-state index contributed by atoms with van der Waals surface area (Å²) >= 11 is 20.3. The smallest absolute Gasteiger partial charge is 0.199 e. The lowest BCUT2D eigenvalue weighted by molar-refractivity contribution is -0.109. The first kappa shape index (κ1) is 47.8. The number of carbonyl (C=O) groups is 3. The Morgan fingerprint density at radius 1 is 0.455 bits per heavy atom. The van der Waals surface area contributed by atoms with Crippen LogP contribution in [0.3, 0.4) is 0 Å². The highest BCUT2D eigenvalue weighted by Gasteiger charge is 2.08. The molecule has 0 bridgehead atoms. The summed E-state index contributed by atoms with van der Waals surface area (Å²) in [5.74, 6) is 10.2. The van der Waals surface area contributed by atoms with Gasteiger partial charge in [-0.1, -0.05) is 35.3 Å². The molecule has 2 N–H and O–H groups in total. The van der Waals surface area contributed by atoms with Crippen molar-refractivity contribution in [2.24, 2.45) is 0 Å². The van der Waals surface area contributed by atoms with Crippen LogP contribution in [0.5, 0.6) is 0 Å². The van der Waals surface area contributed by atoms with Gasteiger partial charge in [-0.3, -0.25) is 14.4 Å². The third-order valence-electron chi connectivity index (χ3n) is 4.16. The Labute approximate surface area is 323 Å². The maximum atomic E-state index is 12.2. The van der Waals surface area contributed by atoms with Crippen LogP contribution < -0.4 is 0 Å². The van der Waals surface area contributed by atoms with E-state index in [1.165, 1.54) is 35.3 Å². The summed E-state index contributed by atoms with van der Waals surface area (Å²) in [4.78, 5) is 35.7. The minimum atomic E-state index is -0.811. The van der Waals surface area contributed by atoms with E-state index in [4.69, 9.17) is 10.2 Å². The van der Waals surface area contributed by atoms with Gasteiger partial charge in [-0.15, -0.1) is 70.6 Å². The number of thioether (sulfide) groups is 13. The van der Waals surface area contributed by atoms with Crippen molar-refractivity contribution in [1.29, 1.82) is 0 Å². The van der Waals surface area contributed by atoms with Crippen molar-refractivity contribution in [3.63, 3.8) is 0 Å². The van der Waals surface area contributed by atoms with Crippen molar-refractivity contribution in [2.75, 3.05) is 119 Å². The molecule has 0 aromatic rings. The Bertz CT molecular complexity index is 685. The first-order valence-corrected chi connectivity index (χ1v) is 29.3. The molecule has 1 unspecified atom stereocenters. The molecular weight excluding hydrogens is 833 g/mol. The topological polar surface area (TPSA) is 115 Å². The molecule has 0 radical (unpaired) electrons. The molecule has 20 heteroatoms. The van der Waals surface area contributed by atoms with E-state index >= 15 is 0 Å².